The fourth-order valence-electron chi connectivity index (χ4n) is 1.84. The summed E-state index contributed by atoms with van der Waals surface area (Å²) in [4.78, 5) is 9.13. The van der Waals surface area contributed by atoms with Crippen molar-refractivity contribution in [2.75, 3.05) is 38.1 Å². The lowest BCUT2D eigenvalue weighted by atomic mass is 10.3. The lowest BCUT2D eigenvalue weighted by molar-refractivity contribution is 0.310. The molecule has 0 unspecified atom stereocenters. The molecule has 4 heteroatoms. The van der Waals surface area contributed by atoms with Crippen LogP contribution in [-0.2, 0) is 6.54 Å². The van der Waals surface area contributed by atoms with Gasteiger partial charge in [-0.15, -0.1) is 0 Å². The Kier molecular flexibility index (Phi) is 2.72. The minimum absolute atomic E-state index is 1.00. The van der Waals surface area contributed by atoms with Crippen LogP contribution in [-0.4, -0.2) is 47.7 Å². The Labute approximate surface area is 85.1 Å². The van der Waals surface area contributed by atoms with Crippen LogP contribution in [0.3, 0.4) is 0 Å². The van der Waals surface area contributed by atoms with Crippen molar-refractivity contribution in [3.05, 3.63) is 12.4 Å². The Morgan fingerprint density at radius 1 is 1.29 bits per heavy atom. The van der Waals surface area contributed by atoms with Crippen molar-refractivity contribution < 1.29 is 0 Å². The highest BCUT2D eigenvalue weighted by molar-refractivity contribution is 5.31. The van der Waals surface area contributed by atoms with E-state index in [1.807, 2.05) is 12.4 Å². The normalized spacial score (nSPS) is 18.9. The molecule has 1 aliphatic rings. The van der Waals surface area contributed by atoms with Crippen LogP contribution < -0.4 is 4.90 Å². The van der Waals surface area contributed by atoms with Crippen molar-refractivity contribution in [2.24, 2.45) is 0 Å². The fraction of sp³-hybridized carbons (Fsp3) is 0.700. The second-order valence-corrected chi connectivity index (χ2v) is 3.80. The molecule has 0 radical (unpaired) electrons. The first kappa shape index (κ1) is 9.52. The fourth-order valence-corrected chi connectivity index (χ4v) is 1.84. The van der Waals surface area contributed by atoms with Gasteiger partial charge in [0.2, 0.25) is 5.95 Å². The molecule has 0 aromatic carbocycles. The summed E-state index contributed by atoms with van der Waals surface area (Å²) >= 11 is 0. The zero-order valence-corrected chi connectivity index (χ0v) is 8.98. The Morgan fingerprint density at radius 2 is 2.00 bits per heavy atom. The molecular weight excluding hydrogens is 176 g/mol. The molecule has 1 fully saturated rings. The van der Waals surface area contributed by atoms with Gasteiger partial charge in [0.15, 0.2) is 0 Å². The van der Waals surface area contributed by atoms with Crippen LogP contribution in [0.5, 0.6) is 0 Å². The molecule has 0 amide bonds. The summed E-state index contributed by atoms with van der Waals surface area (Å²) in [6.07, 6.45) is 3.94. The minimum atomic E-state index is 1.00. The molecule has 2 heterocycles. The second kappa shape index (κ2) is 4.00. The molecule has 0 atom stereocenters. The molecule has 2 rings (SSSR count). The van der Waals surface area contributed by atoms with Gasteiger partial charge in [-0.1, -0.05) is 0 Å². The zero-order chi connectivity index (χ0) is 9.97. The number of hydrogen-bond acceptors (Lipinski definition) is 3. The van der Waals surface area contributed by atoms with Crippen molar-refractivity contribution >= 4 is 5.95 Å². The van der Waals surface area contributed by atoms with E-state index < -0.39 is 0 Å². The summed E-state index contributed by atoms with van der Waals surface area (Å²) < 4.78 is 2.20. The van der Waals surface area contributed by atoms with Gasteiger partial charge in [-0.2, -0.15) is 0 Å². The standard InChI is InChI=1S/C10H18N4/c1-3-13-5-4-11-10(13)14-8-6-12(2)7-9-14/h4-5H,3,6-9H2,1-2H3. The molecule has 0 saturated carbocycles. The van der Waals surface area contributed by atoms with Crippen molar-refractivity contribution in [1.82, 2.24) is 14.5 Å². The molecule has 1 aromatic heterocycles. The molecule has 14 heavy (non-hydrogen) atoms. The summed E-state index contributed by atoms with van der Waals surface area (Å²) in [5.41, 5.74) is 0. The minimum Gasteiger partial charge on any atom is -0.340 e. The van der Waals surface area contributed by atoms with Gasteiger partial charge in [0, 0.05) is 45.1 Å². The van der Waals surface area contributed by atoms with Gasteiger partial charge in [0.1, 0.15) is 0 Å². The highest BCUT2D eigenvalue weighted by Gasteiger charge is 2.17. The number of nitrogens with zero attached hydrogens (tertiary/aromatic N) is 4. The van der Waals surface area contributed by atoms with Gasteiger partial charge >= 0.3 is 0 Å². The number of likely N-dealkylation sites (N-methyl/N-ethyl adjacent to an activating group) is 1. The van der Waals surface area contributed by atoms with Crippen LogP contribution in [0.25, 0.3) is 0 Å². The second-order valence-electron chi connectivity index (χ2n) is 3.80. The molecule has 1 saturated heterocycles. The monoisotopic (exact) mass is 194 g/mol. The summed E-state index contributed by atoms with van der Waals surface area (Å²) in [6.45, 7) is 7.61. The van der Waals surface area contributed by atoms with E-state index in [4.69, 9.17) is 0 Å². The third kappa shape index (κ3) is 1.75. The van der Waals surface area contributed by atoms with Crippen LogP contribution in [0.1, 0.15) is 6.92 Å². The molecule has 0 aliphatic carbocycles. The molecule has 0 N–H and O–H groups in total. The van der Waals surface area contributed by atoms with Crippen LogP contribution in [0.2, 0.25) is 0 Å². The number of piperazine rings is 1. The van der Waals surface area contributed by atoms with Gasteiger partial charge < -0.3 is 14.4 Å². The van der Waals surface area contributed by atoms with E-state index >= 15 is 0 Å². The number of rotatable bonds is 2. The first-order valence-electron chi connectivity index (χ1n) is 5.26. The summed E-state index contributed by atoms with van der Waals surface area (Å²) in [5.74, 6) is 1.13. The molecule has 0 bridgehead atoms. The van der Waals surface area contributed by atoms with Crippen molar-refractivity contribution in [2.45, 2.75) is 13.5 Å². The number of anilines is 1. The van der Waals surface area contributed by atoms with Crippen LogP contribution in [0, 0.1) is 0 Å². The SMILES string of the molecule is CCn1ccnc1N1CCN(C)CC1. The molecule has 1 aromatic rings. The van der Waals surface area contributed by atoms with Gasteiger partial charge in [0.05, 0.1) is 0 Å². The lowest BCUT2D eigenvalue weighted by Gasteiger charge is -2.33. The van der Waals surface area contributed by atoms with Gasteiger partial charge in [0.25, 0.3) is 0 Å². The summed E-state index contributed by atoms with van der Waals surface area (Å²) in [7, 11) is 2.17. The third-order valence-electron chi connectivity index (χ3n) is 2.82. The van der Waals surface area contributed by atoms with E-state index in [9.17, 15) is 0 Å². The third-order valence-corrected chi connectivity index (χ3v) is 2.82. The zero-order valence-electron chi connectivity index (χ0n) is 8.98. The van der Waals surface area contributed by atoms with Gasteiger partial charge in [-0.05, 0) is 14.0 Å². The predicted molar refractivity (Wildman–Crippen MR) is 57.6 cm³/mol. The smallest absolute Gasteiger partial charge is 0.205 e. The Bertz CT molecular complexity index is 286. The lowest BCUT2D eigenvalue weighted by Crippen LogP contribution is -2.45. The van der Waals surface area contributed by atoms with Gasteiger partial charge in [-0.3, -0.25) is 0 Å². The highest BCUT2D eigenvalue weighted by atomic mass is 15.3. The topological polar surface area (TPSA) is 24.3 Å². The number of aryl methyl sites for hydroxylation is 1. The first-order chi connectivity index (χ1) is 6.81. The summed E-state index contributed by atoms with van der Waals surface area (Å²) in [6, 6.07) is 0. The first-order valence-corrected chi connectivity index (χ1v) is 5.26. The number of hydrogen-bond donors (Lipinski definition) is 0. The van der Waals surface area contributed by atoms with Crippen molar-refractivity contribution in [3.63, 3.8) is 0 Å². The Balaban J connectivity index is 2.08. The maximum absolute atomic E-state index is 4.41. The predicted octanol–water partition coefficient (Wildman–Crippen LogP) is 0.655. The molecule has 0 spiro atoms. The van der Waals surface area contributed by atoms with Gasteiger partial charge in [-0.25, -0.2) is 4.98 Å². The van der Waals surface area contributed by atoms with E-state index in [1.54, 1.807) is 0 Å². The van der Waals surface area contributed by atoms with E-state index in [0.29, 0.717) is 0 Å². The summed E-state index contributed by atoms with van der Waals surface area (Å²) in [5, 5.41) is 0. The van der Waals surface area contributed by atoms with Crippen molar-refractivity contribution in [3.8, 4) is 0 Å². The van der Waals surface area contributed by atoms with E-state index in [-0.39, 0.29) is 0 Å². The highest BCUT2D eigenvalue weighted by Crippen LogP contribution is 2.13. The average Bonchev–Trinajstić information content (AvgIpc) is 2.67. The number of aromatic nitrogens is 2. The van der Waals surface area contributed by atoms with E-state index in [2.05, 4.69) is 33.3 Å². The largest absolute Gasteiger partial charge is 0.340 e. The van der Waals surface area contributed by atoms with E-state index in [1.165, 1.54) is 0 Å². The molecular formula is C10H18N4. The Hall–Kier alpha value is -1.03. The average molecular weight is 194 g/mol. The maximum Gasteiger partial charge on any atom is 0.205 e. The number of imidazole rings is 1. The Morgan fingerprint density at radius 3 is 2.64 bits per heavy atom. The van der Waals surface area contributed by atoms with Crippen LogP contribution in [0.4, 0.5) is 5.95 Å². The quantitative estimate of drug-likeness (QED) is 0.691. The van der Waals surface area contributed by atoms with Crippen LogP contribution >= 0.6 is 0 Å². The van der Waals surface area contributed by atoms with Crippen LogP contribution in [0.15, 0.2) is 12.4 Å². The molecule has 78 valence electrons. The molecule has 1 aliphatic heterocycles. The van der Waals surface area contributed by atoms with Crippen molar-refractivity contribution in [1.29, 1.82) is 0 Å². The molecule has 4 nitrogen and oxygen atoms in total. The maximum atomic E-state index is 4.41. The van der Waals surface area contributed by atoms with E-state index in [0.717, 1.165) is 38.7 Å².